The number of morpholine rings is 1. The van der Waals surface area contributed by atoms with Gasteiger partial charge in [-0.25, -0.2) is 14.8 Å². The fourth-order valence-electron chi connectivity index (χ4n) is 3.35. The number of ether oxygens (including phenoxy) is 2. The summed E-state index contributed by atoms with van der Waals surface area (Å²) in [6.07, 6.45) is 0. The third-order valence-corrected chi connectivity index (χ3v) is 5.26. The quantitative estimate of drug-likeness (QED) is 0.344. The van der Waals surface area contributed by atoms with Crippen molar-refractivity contribution in [1.82, 2.24) is 14.9 Å². The van der Waals surface area contributed by atoms with Gasteiger partial charge < -0.3 is 9.47 Å². The van der Waals surface area contributed by atoms with Gasteiger partial charge in [0.15, 0.2) is 5.69 Å². The number of hydrogen-bond donors (Lipinski definition) is 0. The molecule has 32 heavy (non-hydrogen) atoms. The molecule has 0 amide bonds. The van der Waals surface area contributed by atoms with Crippen LogP contribution in [0, 0.1) is 11.8 Å². The lowest BCUT2D eigenvalue weighted by atomic mass is 10.1. The van der Waals surface area contributed by atoms with Crippen LogP contribution in [0.4, 0.5) is 0 Å². The Hall–Kier alpha value is -3.24. The molecule has 0 bridgehead atoms. The van der Waals surface area contributed by atoms with Gasteiger partial charge in [-0.15, -0.1) is 0 Å². The van der Waals surface area contributed by atoms with E-state index in [4.69, 9.17) is 21.1 Å². The minimum Gasteiger partial charge on any atom is -0.464 e. The predicted octanol–water partition coefficient (Wildman–Crippen LogP) is 3.82. The number of carbonyl (C=O) groups is 1. The normalized spacial score (nSPS) is 13.8. The maximum atomic E-state index is 11.7. The largest absolute Gasteiger partial charge is 0.464 e. The zero-order valence-corrected chi connectivity index (χ0v) is 18.4. The Labute approximate surface area is 192 Å². The summed E-state index contributed by atoms with van der Waals surface area (Å²) in [6, 6.07) is 17.5. The zero-order valence-electron chi connectivity index (χ0n) is 17.7. The van der Waals surface area contributed by atoms with Gasteiger partial charge in [-0.05, 0) is 47.5 Å². The number of carbonyl (C=O) groups excluding carboxylic acids is 1. The average Bonchev–Trinajstić information content (AvgIpc) is 2.83. The predicted molar refractivity (Wildman–Crippen MR) is 122 cm³/mol. The molecule has 0 spiro atoms. The van der Waals surface area contributed by atoms with Crippen LogP contribution < -0.4 is 0 Å². The van der Waals surface area contributed by atoms with Crippen molar-refractivity contribution in [3.05, 3.63) is 82.3 Å². The second-order valence-corrected chi connectivity index (χ2v) is 7.65. The topological polar surface area (TPSA) is 64.5 Å². The SMILES string of the molecule is COC(=O)c1cc(-c2ccc(C#Cc3ccc(CN4CCOCC4)cc3)cc2)nc(Cl)n1. The highest BCUT2D eigenvalue weighted by Crippen LogP contribution is 2.20. The molecule has 0 radical (unpaired) electrons. The molecule has 0 saturated carbocycles. The molecule has 1 saturated heterocycles. The molecule has 1 fully saturated rings. The second-order valence-electron chi connectivity index (χ2n) is 7.31. The fraction of sp³-hybridized carbons (Fsp3) is 0.240. The number of hydrogen-bond acceptors (Lipinski definition) is 6. The van der Waals surface area contributed by atoms with Crippen LogP contribution in [-0.2, 0) is 16.0 Å². The number of rotatable bonds is 4. The van der Waals surface area contributed by atoms with Crippen LogP contribution in [0.3, 0.4) is 0 Å². The molecule has 3 aromatic rings. The number of halogens is 1. The summed E-state index contributed by atoms with van der Waals surface area (Å²) >= 11 is 5.95. The van der Waals surface area contributed by atoms with Crippen LogP contribution >= 0.6 is 11.6 Å². The van der Waals surface area contributed by atoms with Gasteiger partial charge in [0, 0.05) is 36.3 Å². The number of methoxy groups -OCH3 is 1. The second kappa shape index (κ2) is 10.4. The molecule has 162 valence electrons. The first-order valence-corrected chi connectivity index (χ1v) is 10.6. The molecule has 7 heteroatoms. The third-order valence-electron chi connectivity index (χ3n) is 5.09. The van der Waals surface area contributed by atoms with Gasteiger partial charge >= 0.3 is 5.97 Å². The molecule has 6 nitrogen and oxygen atoms in total. The van der Waals surface area contributed by atoms with E-state index in [0.29, 0.717) is 5.69 Å². The first-order valence-electron chi connectivity index (χ1n) is 10.2. The number of esters is 1. The van der Waals surface area contributed by atoms with E-state index in [1.165, 1.54) is 12.7 Å². The Kier molecular flexibility index (Phi) is 7.13. The van der Waals surface area contributed by atoms with Crippen molar-refractivity contribution in [2.75, 3.05) is 33.4 Å². The van der Waals surface area contributed by atoms with Crippen molar-refractivity contribution in [2.24, 2.45) is 0 Å². The van der Waals surface area contributed by atoms with Crippen LogP contribution in [-0.4, -0.2) is 54.3 Å². The summed E-state index contributed by atoms with van der Waals surface area (Å²) in [4.78, 5) is 22.2. The van der Waals surface area contributed by atoms with Gasteiger partial charge in [-0.1, -0.05) is 36.1 Å². The first-order chi connectivity index (χ1) is 15.6. The Bertz CT molecular complexity index is 1150. The average molecular weight is 448 g/mol. The van der Waals surface area contributed by atoms with E-state index in [9.17, 15) is 4.79 Å². The van der Waals surface area contributed by atoms with Crippen molar-refractivity contribution in [1.29, 1.82) is 0 Å². The lowest BCUT2D eigenvalue weighted by Gasteiger charge is -2.26. The smallest absolute Gasteiger partial charge is 0.356 e. The molecule has 0 unspecified atom stereocenters. The van der Waals surface area contributed by atoms with Crippen LogP contribution in [0.1, 0.15) is 27.2 Å². The fourth-order valence-corrected chi connectivity index (χ4v) is 3.54. The van der Waals surface area contributed by atoms with E-state index in [1.807, 2.05) is 36.4 Å². The van der Waals surface area contributed by atoms with Crippen LogP contribution in [0.5, 0.6) is 0 Å². The van der Waals surface area contributed by atoms with Crippen molar-refractivity contribution in [3.8, 4) is 23.1 Å². The molecule has 1 aliphatic rings. The first kappa shape index (κ1) is 22.0. The highest BCUT2D eigenvalue weighted by Gasteiger charge is 2.12. The molecule has 0 atom stereocenters. The number of nitrogens with zero attached hydrogens (tertiary/aromatic N) is 3. The van der Waals surface area contributed by atoms with E-state index >= 15 is 0 Å². The standard InChI is InChI=1S/C25H22ClN3O3/c1-31-24(30)23-16-22(27-25(26)28-23)21-10-8-19(9-11-21)3-2-18-4-6-20(7-5-18)17-29-12-14-32-15-13-29/h4-11,16H,12-15,17H2,1H3. The molecular formula is C25H22ClN3O3. The highest BCUT2D eigenvalue weighted by atomic mass is 35.5. The van der Waals surface area contributed by atoms with Crippen molar-refractivity contribution in [3.63, 3.8) is 0 Å². The van der Waals surface area contributed by atoms with E-state index in [2.05, 4.69) is 38.8 Å². The molecule has 2 heterocycles. The van der Waals surface area contributed by atoms with E-state index in [1.54, 1.807) is 6.07 Å². The lowest BCUT2D eigenvalue weighted by Crippen LogP contribution is -2.35. The van der Waals surface area contributed by atoms with Crippen LogP contribution in [0.25, 0.3) is 11.3 Å². The summed E-state index contributed by atoms with van der Waals surface area (Å²) in [5, 5.41) is -0.0103. The van der Waals surface area contributed by atoms with E-state index in [0.717, 1.165) is 49.5 Å². The summed E-state index contributed by atoms with van der Waals surface area (Å²) < 4.78 is 10.1. The summed E-state index contributed by atoms with van der Waals surface area (Å²) in [6.45, 7) is 4.49. The maximum Gasteiger partial charge on any atom is 0.356 e. The number of aromatic nitrogens is 2. The minimum absolute atomic E-state index is 0.0103. The van der Waals surface area contributed by atoms with Gasteiger partial charge in [0.1, 0.15) is 0 Å². The van der Waals surface area contributed by atoms with Crippen molar-refractivity contribution in [2.45, 2.75) is 6.54 Å². The Morgan fingerprint density at radius 2 is 1.66 bits per heavy atom. The monoisotopic (exact) mass is 447 g/mol. The Balaban J connectivity index is 1.43. The molecule has 0 N–H and O–H groups in total. The van der Waals surface area contributed by atoms with Crippen LogP contribution in [0.2, 0.25) is 5.28 Å². The molecule has 4 rings (SSSR count). The Morgan fingerprint density at radius 1 is 1.03 bits per heavy atom. The Morgan fingerprint density at radius 3 is 2.28 bits per heavy atom. The molecular weight excluding hydrogens is 426 g/mol. The summed E-state index contributed by atoms with van der Waals surface area (Å²) in [5.41, 5.74) is 4.57. The summed E-state index contributed by atoms with van der Waals surface area (Å²) in [5.74, 6) is 5.82. The third kappa shape index (κ3) is 5.71. The molecule has 2 aromatic carbocycles. The van der Waals surface area contributed by atoms with Gasteiger partial charge in [0.05, 0.1) is 26.0 Å². The van der Waals surface area contributed by atoms with Crippen LogP contribution in [0.15, 0.2) is 54.6 Å². The summed E-state index contributed by atoms with van der Waals surface area (Å²) in [7, 11) is 1.29. The van der Waals surface area contributed by atoms with Gasteiger partial charge in [-0.3, -0.25) is 4.90 Å². The van der Waals surface area contributed by atoms with E-state index < -0.39 is 5.97 Å². The zero-order chi connectivity index (χ0) is 22.3. The van der Waals surface area contributed by atoms with Gasteiger partial charge in [0.25, 0.3) is 0 Å². The highest BCUT2D eigenvalue weighted by molar-refractivity contribution is 6.28. The van der Waals surface area contributed by atoms with Gasteiger partial charge in [-0.2, -0.15) is 0 Å². The van der Waals surface area contributed by atoms with Crippen molar-refractivity contribution >= 4 is 17.6 Å². The van der Waals surface area contributed by atoms with Crippen molar-refractivity contribution < 1.29 is 14.3 Å². The van der Waals surface area contributed by atoms with E-state index in [-0.39, 0.29) is 11.0 Å². The lowest BCUT2D eigenvalue weighted by molar-refractivity contribution is 0.0342. The van der Waals surface area contributed by atoms with Gasteiger partial charge in [0.2, 0.25) is 5.28 Å². The minimum atomic E-state index is -0.561. The molecule has 1 aromatic heterocycles. The molecule has 0 aliphatic carbocycles. The molecule has 1 aliphatic heterocycles. The maximum absolute atomic E-state index is 11.7. The number of benzene rings is 2.